The molecule has 2 saturated heterocycles. The number of furan rings is 1. The minimum Gasteiger partial charge on any atom is -0.472 e. The standard InChI is InChI=1S/C30H38O11/c1-7-17(31)40-24-26(2,3)20(19(33)22(34)37-6)28(5)15-8-10-27(4)16(30(15)25(41-30)29(24,36)23(28)35)12-18(32)39-21(27)14-9-11-38-13-14/h9,11,13,15-16,19-21,24-25,33,36H,7-8,10,12H2,1-6H3/t15-,16-,19-,20+,21+,24+,25-,27-,28-,29+,30-/m1/s1. The fourth-order valence-corrected chi connectivity index (χ4v) is 9.85. The first-order chi connectivity index (χ1) is 19.2. The number of ether oxygens (including phenoxy) is 4. The summed E-state index contributed by atoms with van der Waals surface area (Å²) in [5.74, 6) is -4.82. The lowest BCUT2D eigenvalue weighted by Crippen LogP contribution is -2.81. The molecule has 0 radical (unpaired) electrons. The van der Waals surface area contributed by atoms with Crippen LogP contribution in [0.1, 0.15) is 72.0 Å². The van der Waals surface area contributed by atoms with Gasteiger partial charge in [0.05, 0.1) is 26.1 Å². The van der Waals surface area contributed by atoms with Crippen molar-refractivity contribution in [2.24, 2.45) is 34.0 Å². The minimum absolute atomic E-state index is 0.00870. The molecule has 224 valence electrons. The number of carbonyl (C=O) groups is 4. The van der Waals surface area contributed by atoms with Crippen molar-refractivity contribution in [3.63, 3.8) is 0 Å². The molecule has 0 amide bonds. The van der Waals surface area contributed by atoms with Crippen LogP contribution in [0.5, 0.6) is 0 Å². The number of methoxy groups -OCH3 is 1. The van der Waals surface area contributed by atoms with Crippen LogP contribution < -0.4 is 0 Å². The average Bonchev–Trinajstić information content (AvgIpc) is 3.41. The highest BCUT2D eigenvalue weighted by Gasteiger charge is 2.91. The van der Waals surface area contributed by atoms with E-state index in [-0.39, 0.29) is 12.8 Å². The van der Waals surface area contributed by atoms with Crippen LogP contribution in [-0.4, -0.2) is 70.5 Å². The molecule has 41 heavy (non-hydrogen) atoms. The Morgan fingerprint density at radius 2 is 1.88 bits per heavy atom. The van der Waals surface area contributed by atoms with E-state index in [0.29, 0.717) is 18.4 Å². The number of epoxide rings is 1. The summed E-state index contributed by atoms with van der Waals surface area (Å²) in [6.07, 6.45) is -0.897. The van der Waals surface area contributed by atoms with Crippen LogP contribution in [0.15, 0.2) is 23.0 Å². The van der Waals surface area contributed by atoms with Gasteiger partial charge in [0.25, 0.3) is 0 Å². The van der Waals surface area contributed by atoms with Crippen LogP contribution in [0.4, 0.5) is 0 Å². The van der Waals surface area contributed by atoms with Gasteiger partial charge in [-0.25, -0.2) is 4.79 Å². The second-order valence-corrected chi connectivity index (χ2v) is 13.6. The molecule has 2 aliphatic heterocycles. The average molecular weight is 575 g/mol. The zero-order chi connectivity index (χ0) is 29.9. The Kier molecular flexibility index (Phi) is 5.98. The fraction of sp³-hybridized carbons (Fsp3) is 0.733. The van der Waals surface area contributed by atoms with Gasteiger partial charge in [0.15, 0.2) is 17.5 Å². The van der Waals surface area contributed by atoms with Gasteiger partial charge < -0.3 is 33.6 Å². The number of carbonyl (C=O) groups excluding carboxylic acids is 4. The molecule has 11 nitrogen and oxygen atoms in total. The summed E-state index contributed by atoms with van der Waals surface area (Å²) in [6, 6.07) is 1.75. The lowest BCUT2D eigenvalue weighted by Gasteiger charge is -2.67. The Hall–Kier alpha value is -2.76. The number of fused-ring (bicyclic) bond motifs is 5. The first-order valence-corrected chi connectivity index (χ1v) is 14.3. The Bertz CT molecular complexity index is 1300. The molecule has 3 aliphatic carbocycles. The van der Waals surface area contributed by atoms with Crippen LogP contribution in [0.3, 0.4) is 0 Å². The van der Waals surface area contributed by atoms with Crippen molar-refractivity contribution in [3.8, 4) is 0 Å². The normalized spacial score (nSPS) is 46.2. The van der Waals surface area contributed by atoms with Gasteiger partial charge in [-0.1, -0.05) is 34.6 Å². The lowest BCUT2D eigenvalue weighted by molar-refractivity contribution is -0.260. The summed E-state index contributed by atoms with van der Waals surface area (Å²) in [6.45, 7) is 8.64. The van der Waals surface area contributed by atoms with Gasteiger partial charge in [0, 0.05) is 46.0 Å². The summed E-state index contributed by atoms with van der Waals surface area (Å²) >= 11 is 0. The van der Waals surface area contributed by atoms with Crippen LogP contribution in [-0.2, 0) is 38.1 Å². The van der Waals surface area contributed by atoms with Crippen LogP contribution >= 0.6 is 0 Å². The van der Waals surface area contributed by atoms with Crippen molar-refractivity contribution in [2.75, 3.05) is 7.11 Å². The molecular weight excluding hydrogens is 536 g/mol. The van der Waals surface area contributed by atoms with Gasteiger partial charge in [-0.3, -0.25) is 14.4 Å². The van der Waals surface area contributed by atoms with Gasteiger partial charge in [0.2, 0.25) is 0 Å². The first-order valence-electron chi connectivity index (χ1n) is 14.3. The quantitative estimate of drug-likeness (QED) is 0.301. The molecule has 1 aromatic rings. The van der Waals surface area contributed by atoms with Crippen LogP contribution in [0, 0.1) is 34.0 Å². The number of aliphatic hydroxyl groups is 2. The van der Waals surface area contributed by atoms with Crippen molar-refractivity contribution in [1.29, 1.82) is 0 Å². The van der Waals surface area contributed by atoms with E-state index in [4.69, 9.17) is 23.4 Å². The molecule has 1 aromatic heterocycles. The van der Waals surface area contributed by atoms with Gasteiger partial charge >= 0.3 is 17.9 Å². The molecule has 2 N–H and O–H groups in total. The second kappa shape index (κ2) is 8.64. The summed E-state index contributed by atoms with van der Waals surface area (Å²) in [5, 5.41) is 24.0. The smallest absolute Gasteiger partial charge is 0.335 e. The highest BCUT2D eigenvalue weighted by molar-refractivity contribution is 5.99. The number of Topliss-reactive ketones (excluding diaryl/α,β-unsaturated/α-hetero) is 1. The summed E-state index contributed by atoms with van der Waals surface area (Å²) in [5.41, 5.74) is -6.17. The molecule has 11 heteroatoms. The van der Waals surface area contributed by atoms with E-state index in [1.54, 1.807) is 40.0 Å². The van der Waals surface area contributed by atoms with E-state index in [0.717, 1.165) is 7.11 Å². The van der Waals surface area contributed by atoms with Gasteiger partial charge in [-0.05, 0) is 18.9 Å². The number of aliphatic hydroxyl groups excluding tert-OH is 1. The Balaban J connectivity index is 1.55. The van der Waals surface area contributed by atoms with Crippen molar-refractivity contribution in [2.45, 2.75) is 95.9 Å². The predicted octanol–water partition coefficient (Wildman–Crippen LogP) is 2.27. The van der Waals surface area contributed by atoms with E-state index in [1.807, 2.05) is 6.92 Å². The van der Waals surface area contributed by atoms with Gasteiger partial charge in [0.1, 0.15) is 23.9 Å². The molecule has 2 bridgehead atoms. The molecule has 5 fully saturated rings. The first kappa shape index (κ1) is 28.4. The zero-order valence-electron chi connectivity index (χ0n) is 24.2. The SMILES string of the molecule is CCC(=O)O[C@H]1C(C)(C)[C@H]([C@@H](O)C(=O)OC)[C@]2(C)C(=O)[C@@]1(O)[C@H]1O[C@]13[C@@H]1CC(=O)O[C@@H](c4ccoc4)[C@]1(C)CC[C@H]23. The molecule has 0 aromatic carbocycles. The van der Waals surface area contributed by atoms with Crippen molar-refractivity contribution in [1.82, 2.24) is 0 Å². The minimum atomic E-state index is -2.28. The lowest BCUT2D eigenvalue weighted by atomic mass is 9.36. The van der Waals surface area contributed by atoms with Crippen LogP contribution in [0.2, 0.25) is 0 Å². The Labute approximate surface area is 237 Å². The van der Waals surface area contributed by atoms with E-state index < -0.39 is 93.3 Å². The highest BCUT2D eigenvalue weighted by Crippen LogP contribution is 2.78. The maximum Gasteiger partial charge on any atom is 0.335 e. The molecule has 11 atom stereocenters. The molecular formula is C30H38O11. The largest absolute Gasteiger partial charge is 0.472 e. The Morgan fingerprint density at radius 3 is 2.49 bits per heavy atom. The van der Waals surface area contributed by atoms with Gasteiger partial charge in [-0.2, -0.15) is 0 Å². The van der Waals surface area contributed by atoms with E-state index in [1.165, 1.54) is 6.26 Å². The molecule has 0 unspecified atom stereocenters. The summed E-state index contributed by atoms with van der Waals surface area (Å²) in [4.78, 5) is 53.3. The summed E-state index contributed by atoms with van der Waals surface area (Å²) in [7, 11) is 1.15. The third kappa shape index (κ3) is 3.25. The highest BCUT2D eigenvalue weighted by atomic mass is 16.6. The van der Waals surface area contributed by atoms with E-state index in [2.05, 4.69) is 0 Å². The third-order valence-corrected chi connectivity index (χ3v) is 11.4. The number of hydrogen-bond acceptors (Lipinski definition) is 11. The molecule has 1 spiro atoms. The molecule has 3 saturated carbocycles. The third-order valence-electron chi connectivity index (χ3n) is 11.4. The predicted molar refractivity (Wildman–Crippen MR) is 138 cm³/mol. The molecule has 3 heterocycles. The second-order valence-electron chi connectivity index (χ2n) is 13.6. The number of esters is 3. The molecule has 6 rings (SSSR count). The maximum absolute atomic E-state index is 14.6. The number of hydrogen-bond donors (Lipinski definition) is 2. The Morgan fingerprint density at radius 1 is 1.17 bits per heavy atom. The van der Waals surface area contributed by atoms with Crippen molar-refractivity contribution < 1.29 is 52.8 Å². The maximum atomic E-state index is 14.6. The number of ketones is 1. The topological polar surface area (TPSA) is 162 Å². The van der Waals surface area contributed by atoms with Gasteiger partial charge in [-0.15, -0.1) is 0 Å². The summed E-state index contributed by atoms with van der Waals surface area (Å²) < 4.78 is 28.5. The van der Waals surface area contributed by atoms with E-state index >= 15 is 0 Å². The monoisotopic (exact) mass is 574 g/mol. The van der Waals surface area contributed by atoms with Crippen LogP contribution in [0.25, 0.3) is 0 Å². The number of cyclic esters (lactones) is 1. The van der Waals surface area contributed by atoms with E-state index in [9.17, 15) is 29.4 Å². The number of rotatable bonds is 5. The van der Waals surface area contributed by atoms with Crippen molar-refractivity contribution in [3.05, 3.63) is 24.2 Å². The zero-order valence-corrected chi connectivity index (χ0v) is 24.2. The fourth-order valence-electron chi connectivity index (χ4n) is 9.85. The molecule has 5 aliphatic rings. The van der Waals surface area contributed by atoms with Crippen molar-refractivity contribution >= 4 is 23.7 Å².